The predicted molar refractivity (Wildman–Crippen MR) is 63.1 cm³/mol. The van der Waals surface area contributed by atoms with Gasteiger partial charge < -0.3 is 9.30 Å². The molecule has 0 N–H and O–H groups in total. The molecule has 17 heavy (non-hydrogen) atoms. The third-order valence-electron chi connectivity index (χ3n) is 3.21. The molecule has 1 aromatic heterocycles. The Hall–Kier alpha value is -1.88. The lowest BCUT2D eigenvalue weighted by Crippen LogP contribution is -2.06. The van der Waals surface area contributed by atoms with Crippen LogP contribution in [0.1, 0.15) is 12.5 Å². The van der Waals surface area contributed by atoms with Gasteiger partial charge in [0.15, 0.2) is 0 Å². The molecule has 3 rings (SSSR count). The van der Waals surface area contributed by atoms with Gasteiger partial charge in [-0.1, -0.05) is 0 Å². The summed E-state index contributed by atoms with van der Waals surface area (Å²) in [6.07, 6.45) is 2.98. The van der Waals surface area contributed by atoms with Crippen LogP contribution in [0.4, 0.5) is 5.69 Å². The van der Waals surface area contributed by atoms with Crippen LogP contribution < -0.4 is 0 Å². The fraction of sp³-hybridized carbons (Fsp3) is 0.333. The predicted octanol–water partition coefficient (Wildman–Crippen LogP) is 2.51. The highest BCUT2D eigenvalue weighted by Gasteiger charge is 2.19. The lowest BCUT2D eigenvalue weighted by molar-refractivity contribution is -0.384. The van der Waals surface area contributed by atoms with Crippen molar-refractivity contribution in [2.45, 2.75) is 12.5 Å². The van der Waals surface area contributed by atoms with Crippen molar-refractivity contribution >= 4 is 16.6 Å². The van der Waals surface area contributed by atoms with Crippen LogP contribution in [0.3, 0.4) is 0 Å². The number of ether oxygens (including phenoxy) is 1. The van der Waals surface area contributed by atoms with Crippen LogP contribution >= 0.6 is 0 Å². The van der Waals surface area contributed by atoms with E-state index < -0.39 is 0 Å². The SMILES string of the molecule is O=[N+]([O-])c1ccc2c(ccn2[C@@H]2CCOC2)c1. The average molecular weight is 232 g/mol. The first-order chi connectivity index (χ1) is 8.25. The highest BCUT2D eigenvalue weighted by Crippen LogP contribution is 2.27. The Balaban J connectivity index is 2.07. The molecule has 0 spiro atoms. The number of non-ortho nitro benzene ring substituents is 1. The van der Waals surface area contributed by atoms with Crippen LogP contribution in [0, 0.1) is 10.1 Å². The second-order valence-corrected chi connectivity index (χ2v) is 4.24. The van der Waals surface area contributed by atoms with Crippen LogP contribution in [0.5, 0.6) is 0 Å². The Kier molecular flexibility index (Phi) is 2.33. The summed E-state index contributed by atoms with van der Waals surface area (Å²) < 4.78 is 7.51. The Morgan fingerprint density at radius 3 is 3.00 bits per heavy atom. The van der Waals surface area contributed by atoms with E-state index in [0.29, 0.717) is 6.04 Å². The minimum Gasteiger partial charge on any atom is -0.379 e. The van der Waals surface area contributed by atoms with Gasteiger partial charge in [0.05, 0.1) is 17.6 Å². The van der Waals surface area contributed by atoms with E-state index in [1.807, 2.05) is 18.3 Å². The molecule has 1 aromatic carbocycles. The van der Waals surface area contributed by atoms with Gasteiger partial charge in [-0.15, -0.1) is 0 Å². The van der Waals surface area contributed by atoms with Gasteiger partial charge in [0.1, 0.15) is 0 Å². The minimum absolute atomic E-state index is 0.137. The van der Waals surface area contributed by atoms with Crippen molar-refractivity contribution in [3.63, 3.8) is 0 Å². The monoisotopic (exact) mass is 232 g/mol. The maximum Gasteiger partial charge on any atom is 0.270 e. The molecule has 1 atom stereocenters. The topological polar surface area (TPSA) is 57.3 Å². The van der Waals surface area contributed by atoms with Crippen LogP contribution in [0.15, 0.2) is 30.5 Å². The molecule has 0 bridgehead atoms. The maximum atomic E-state index is 10.7. The van der Waals surface area contributed by atoms with Crippen molar-refractivity contribution in [2.75, 3.05) is 13.2 Å². The molecule has 0 amide bonds. The Morgan fingerprint density at radius 1 is 1.41 bits per heavy atom. The van der Waals surface area contributed by atoms with E-state index in [4.69, 9.17) is 4.74 Å². The molecule has 0 unspecified atom stereocenters. The molecule has 1 saturated heterocycles. The second kappa shape index (κ2) is 3.85. The molecule has 0 aliphatic carbocycles. The molecule has 1 aliphatic heterocycles. The van der Waals surface area contributed by atoms with E-state index in [0.717, 1.165) is 30.5 Å². The number of nitro groups is 1. The van der Waals surface area contributed by atoms with Gasteiger partial charge in [-0.2, -0.15) is 0 Å². The quantitative estimate of drug-likeness (QED) is 0.590. The zero-order valence-corrected chi connectivity index (χ0v) is 9.20. The summed E-state index contributed by atoms with van der Waals surface area (Å²) in [5, 5.41) is 11.6. The number of benzene rings is 1. The summed E-state index contributed by atoms with van der Waals surface area (Å²) in [5.74, 6) is 0. The first kappa shape index (κ1) is 10.3. The number of aromatic nitrogens is 1. The minimum atomic E-state index is -0.366. The van der Waals surface area contributed by atoms with Gasteiger partial charge in [0.25, 0.3) is 5.69 Å². The largest absolute Gasteiger partial charge is 0.379 e. The molecule has 1 fully saturated rings. The molecule has 0 saturated carbocycles. The zero-order chi connectivity index (χ0) is 11.8. The van der Waals surface area contributed by atoms with Gasteiger partial charge in [-0.25, -0.2) is 0 Å². The van der Waals surface area contributed by atoms with Gasteiger partial charge in [0.2, 0.25) is 0 Å². The van der Waals surface area contributed by atoms with Crippen molar-refractivity contribution in [1.29, 1.82) is 0 Å². The highest BCUT2D eigenvalue weighted by atomic mass is 16.6. The van der Waals surface area contributed by atoms with Gasteiger partial charge in [-0.05, 0) is 18.6 Å². The molecule has 88 valence electrons. The van der Waals surface area contributed by atoms with Crippen LogP contribution in [0.2, 0.25) is 0 Å². The molecule has 2 heterocycles. The molecule has 5 nitrogen and oxygen atoms in total. The van der Waals surface area contributed by atoms with Crippen molar-refractivity contribution < 1.29 is 9.66 Å². The fourth-order valence-corrected chi connectivity index (χ4v) is 2.32. The number of nitro benzene ring substituents is 1. The lowest BCUT2D eigenvalue weighted by atomic mass is 10.2. The molecular formula is C12H12N2O3. The maximum absolute atomic E-state index is 10.7. The van der Waals surface area contributed by atoms with E-state index in [2.05, 4.69) is 4.57 Å². The highest BCUT2D eigenvalue weighted by molar-refractivity contribution is 5.82. The van der Waals surface area contributed by atoms with Crippen molar-refractivity contribution in [1.82, 2.24) is 4.57 Å². The normalized spacial score (nSPS) is 19.9. The van der Waals surface area contributed by atoms with Gasteiger partial charge >= 0.3 is 0 Å². The summed E-state index contributed by atoms with van der Waals surface area (Å²) in [6, 6.07) is 7.25. The number of nitrogens with zero attached hydrogens (tertiary/aromatic N) is 2. The van der Waals surface area contributed by atoms with Crippen molar-refractivity contribution in [3.8, 4) is 0 Å². The molecule has 5 heteroatoms. The van der Waals surface area contributed by atoms with E-state index >= 15 is 0 Å². The lowest BCUT2D eigenvalue weighted by Gasteiger charge is -2.11. The van der Waals surface area contributed by atoms with Crippen LogP contribution in [-0.2, 0) is 4.74 Å². The third-order valence-corrected chi connectivity index (χ3v) is 3.21. The zero-order valence-electron chi connectivity index (χ0n) is 9.20. The summed E-state index contributed by atoms with van der Waals surface area (Å²) in [6.45, 7) is 1.51. The number of hydrogen-bond donors (Lipinski definition) is 0. The Bertz CT molecular complexity index is 570. The second-order valence-electron chi connectivity index (χ2n) is 4.24. The Labute approximate surface area is 97.8 Å². The standard InChI is InChI=1S/C12H12N2O3/c15-14(16)10-1-2-12-9(7-10)3-5-13(12)11-4-6-17-8-11/h1-3,5,7,11H,4,6,8H2/t11-/m1/s1. The number of rotatable bonds is 2. The number of hydrogen-bond acceptors (Lipinski definition) is 3. The Morgan fingerprint density at radius 2 is 2.29 bits per heavy atom. The van der Waals surface area contributed by atoms with E-state index in [-0.39, 0.29) is 10.6 Å². The molecule has 2 aromatic rings. The summed E-state index contributed by atoms with van der Waals surface area (Å²) in [5.41, 5.74) is 1.17. The van der Waals surface area contributed by atoms with Gasteiger partial charge in [0, 0.05) is 35.8 Å². The third kappa shape index (κ3) is 1.68. The van der Waals surface area contributed by atoms with Crippen LogP contribution in [0.25, 0.3) is 10.9 Å². The fourth-order valence-electron chi connectivity index (χ4n) is 2.32. The smallest absolute Gasteiger partial charge is 0.270 e. The molecule has 0 radical (unpaired) electrons. The molecule has 1 aliphatic rings. The van der Waals surface area contributed by atoms with Crippen molar-refractivity contribution in [2.24, 2.45) is 0 Å². The number of fused-ring (bicyclic) bond motifs is 1. The summed E-state index contributed by atoms with van der Waals surface area (Å²) in [4.78, 5) is 10.3. The van der Waals surface area contributed by atoms with Crippen molar-refractivity contribution in [3.05, 3.63) is 40.6 Å². The first-order valence-corrected chi connectivity index (χ1v) is 5.58. The average Bonchev–Trinajstić information content (AvgIpc) is 2.96. The first-order valence-electron chi connectivity index (χ1n) is 5.58. The van der Waals surface area contributed by atoms with Crippen LogP contribution in [-0.4, -0.2) is 22.7 Å². The van der Waals surface area contributed by atoms with E-state index in [9.17, 15) is 10.1 Å². The molecular weight excluding hydrogens is 220 g/mol. The van der Waals surface area contributed by atoms with Gasteiger partial charge in [-0.3, -0.25) is 10.1 Å². The summed E-state index contributed by atoms with van der Waals surface area (Å²) >= 11 is 0. The van der Waals surface area contributed by atoms with E-state index in [1.54, 1.807) is 12.1 Å². The summed E-state index contributed by atoms with van der Waals surface area (Å²) in [7, 11) is 0. The van der Waals surface area contributed by atoms with E-state index in [1.165, 1.54) is 0 Å².